The Morgan fingerprint density at radius 1 is 1.08 bits per heavy atom. The molecule has 0 spiro atoms. The van der Waals surface area contributed by atoms with Gasteiger partial charge in [0.05, 0.1) is 16.6 Å². The largest absolute Gasteiger partial charge is 0.478 e. The lowest BCUT2D eigenvalue weighted by atomic mass is 9.95. The van der Waals surface area contributed by atoms with Crippen molar-refractivity contribution in [1.29, 1.82) is 0 Å². The number of amides is 2. The number of benzene rings is 3. The Balaban J connectivity index is 1.31. The molecule has 10 nitrogen and oxygen atoms in total. The summed E-state index contributed by atoms with van der Waals surface area (Å²) < 4.78 is 13.1. The van der Waals surface area contributed by atoms with Crippen LogP contribution in [-0.4, -0.2) is 76.0 Å². The number of likely N-dealkylation sites (tertiary alicyclic amines) is 1. The van der Waals surface area contributed by atoms with Crippen molar-refractivity contribution >= 4 is 40.6 Å². The lowest BCUT2D eigenvalue weighted by molar-refractivity contribution is -0.133. The van der Waals surface area contributed by atoms with E-state index in [1.807, 2.05) is 47.4 Å². The van der Waals surface area contributed by atoms with Crippen LogP contribution in [0.3, 0.4) is 0 Å². The molecule has 0 saturated carbocycles. The first-order valence-corrected chi connectivity index (χ1v) is 17.1. The third-order valence-corrected chi connectivity index (χ3v) is 8.97. The standard InChI is InChI=1S/C38H45ClN4O6/c1-38(2,3)49-37(47)40-29(21-25-12-14-26(15-13-25)30-17-16-27(36(45)46)22-31(30)39)23-34(44)42-18-7-9-28(24-42)35-41-32-10-5-6-11-33(32)43(35)19-8-20-48-4/h5-6,10-17,22,28-29H,7-9,18-21,23-24H2,1-4H3,(H,40,47)(H,45,46)/t28-,29-/m1/s1. The van der Waals surface area contributed by atoms with Crippen LogP contribution in [0.25, 0.3) is 22.2 Å². The average molecular weight is 689 g/mol. The first-order chi connectivity index (χ1) is 23.4. The molecule has 1 aromatic heterocycles. The van der Waals surface area contributed by atoms with Gasteiger partial charge in [-0.15, -0.1) is 0 Å². The zero-order valence-electron chi connectivity index (χ0n) is 28.6. The Morgan fingerprint density at radius 2 is 1.84 bits per heavy atom. The predicted molar refractivity (Wildman–Crippen MR) is 190 cm³/mol. The number of nitrogens with one attached hydrogen (secondary N) is 1. The van der Waals surface area contributed by atoms with E-state index in [-0.39, 0.29) is 23.8 Å². The number of fused-ring (bicyclic) bond motifs is 1. The molecule has 1 fully saturated rings. The van der Waals surface area contributed by atoms with Gasteiger partial charge in [0.15, 0.2) is 0 Å². The van der Waals surface area contributed by atoms with Crippen LogP contribution in [-0.2, 0) is 27.2 Å². The molecule has 3 aromatic carbocycles. The minimum absolute atomic E-state index is 0.0327. The molecule has 5 rings (SSSR count). The smallest absolute Gasteiger partial charge is 0.407 e. The van der Waals surface area contributed by atoms with Crippen LogP contribution in [0.2, 0.25) is 5.02 Å². The molecule has 1 aliphatic heterocycles. The van der Waals surface area contributed by atoms with Gasteiger partial charge >= 0.3 is 12.1 Å². The summed E-state index contributed by atoms with van der Waals surface area (Å²) in [6.07, 6.45) is 2.60. The highest BCUT2D eigenvalue weighted by Gasteiger charge is 2.30. The van der Waals surface area contributed by atoms with E-state index in [2.05, 4.69) is 16.0 Å². The van der Waals surface area contributed by atoms with Crippen molar-refractivity contribution in [1.82, 2.24) is 19.8 Å². The number of para-hydroxylation sites is 2. The summed E-state index contributed by atoms with van der Waals surface area (Å²) in [4.78, 5) is 45.0. The molecule has 11 heteroatoms. The van der Waals surface area contributed by atoms with Crippen LogP contribution in [0.1, 0.15) is 74.1 Å². The number of methoxy groups -OCH3 is 1. The SMILES string of the molecule is COCCCn1c([C@@H]2CCCN(C(=O)C[C@@H](Cc3ccc(-c4ccc(C(=O)O)cc4Cl)cc3)NC(=O)OC(C)(C)C)C2)nc2ccccc21. The highest BCUT2D eigenvalue weighted by molar-refractivity contribution is 6.33. The summed E-state index contributed by atoms with van der Waals surface area (Å²) in [5.41, 5.74) is 3.92. The van der Waals surface area contributed by atoms with Gasteiger partial charge in [-0.25, -0.2) is 14.6 Å². The number of aromatic carboxylic acids is 1. The number of carbonyl (C=O) groups is 3. The van der Waals surface area contributed by atoms with Crippen LogP contribution in [0.5, 0.6) is 0 Å². The molecule has 2 N–H and O–H groups in total. The number of hydrogen-bond acceptors (Lipinski definition) is 6. The molecule has 2 amide bonds. The maximum absolute atomic E-state index is 13.9. The van der Waals surface area contributed by atoms with Crippen LogP contribution in [0.15, 0.2) is 66.7 Å². The molecule has 4 aromatic rings. The highest BCUT2D eigenvalue weighted by Crippen LogP contribution is 2.31. The van der Waals surface area contributed by atoms with Gasteiger partial charge in [0.25, 0.3) is 0 Å². The number of hydrogen-bond donors (Lipinski definition) is 2. The monoisotopic (exact) mass is 688 g/mol. The minimum atomic E-state index is -1.04. The topological polar surface area (TPSA) is 123 Å². The fourth-order valence-electron chi connectivity index (χ4n) is 6.40. The first kappa shape index (κ1) is 35.9. The van der Waals surface area contributed by atoms with Crippen molar-refractivity contribution in [2.24, 2.45) is 0 Å². The van der Waals surface area contributed by atoms with E-state index in [4.69, 9.17) is 26.1 Å². The first-order valence-electron chi connectivity index (χ1n) is 16.8. The van der Waals surface area contributed by atoms with Gasteiger partial charge in [0.1, 0.15) is 11.4 Å². The number of rotatable bonds is 12. The van der Waals surface area contributed by atoms with Crippen molar-refractivity contribution in [2.45, 2.75) is 77.0 Å². The van der Waals surface area contributed by atoms with Gasteiger partial charge in [0, 0.05) is 62.3 Å². The lowest BCUT2D eigenvalue weighted by Crippen LogP contribution is -2.46. The summed E-state index contributed by atoms with van der Waals surface area (Å²) >= 11 is 6.40. The van der Waals surface area contributed by atoms with Gasteiger partial charge in [-0.1, -0.05) is 54.1 Å². The number of carbonyl (C=O) groups excluding carboxylic acids is 2. The molecule has 0 bridgehead atoms. The van der Waals surface area contributed by atoms with Gasteiger partial charge in [-0.2, -0.15) is 0 Å². The summed E-state index contributed by atoms with van der Waals surface area (Å²) in [5, 5.41) is 12.6. The molecule has 260 valence electrons. The molecule has 1 aliphatic rings. The third kappa shape index (κ3) is 9.39. The molecule has 0 radical (unpaired) electrons. The molecule has 49 heavy (non-hydrogen) atoms. The highest BCUT2D eigenvalue weighted by atomic mass is 35.5. The Kier molecular flexibility index (Phi) is 11.6. The quantitative estimate of drug-likeness (QED) is 0.150. The fourth-order valence-corrected chi connectivity index (χ4v) is 6.69. The van der Waals surface area contributed by atoms with Gasteiger partial charge < -0.3 is 29.4 Å². The second-order valence-electron chi connectivity index (χ2n) is 13.6. The Bertz CT molecular complexity index is 1780. The van der Waals surface area contributed by atoms with Crippen molar-refractivity contribution in [3.63, 3.8) is 0 Å². The molecule has 2 heterocycles. The summed E-state index contributed by atoms with van der Waals surface area (Å²) in [7, 11) is 1.71. The maximum Gasteiger partial charge on any atom is 0.407 e. The molecule has 2 atom stereocenters. The Hall–Kier alpha value is -4.41. The van der Waals surface area contributed by atoms with Crippen LogP contribution >= 0.6 is 11.6 Å². The summed E-state index contributed by atoms with van der Waals surface area (Å²) in [5.74, 6) is 0.0133. The van der Waals surface area contributed by atoms with E-state index in [0.29, 0.717) is 36.7 Å². The van der Waals surface area contributed by atoms with E-state index in [1.54, 1.807) is 33.9 Å². The number of alkyl carbamates (subject to hydrolysis) is 1. The van der Waals surface area contributed by atoms with E-state index in [0.717, 1.165) is 53.8 Å². The Morgan fingerprint density at radius 3 is 2.53 bits per heavy atom. The summed E-state index contributed by atoms with van der Waals surface area (Å²) in [6, 6.07) is 19.9. The molecule has 0 unspecified atom stereocenters. The number of carboxylic acids is 1. The Labute approximate surface area is 292 Å². The minimum Gasteiger partial charge on any atom is -0.478 e. The lowest BCUT2D eigenvalue weighted by Gasteiger charge is -2.34. The van der Waals surface area contributed by atoms with E-state index in [9.17, 15) is 19.5 Å². The molecular formula is C38H45ClN4O6. The van der Waals surface area contributed by atoms with Crippen molar-refractivity contribution in [3.8, 4) is 11.1 Å². The number of carboxylic acid groups (broad SMARTS) is 1. The zero-order chi connectivity index (χ0) is 35.1. The zero-order valence-corrected chi connectivity index (χ0v) is 29.3. The van der Waals surface area contributed by atoms with Gasteiger partial charge in [-0.3, -0.25) is 4.79 Å². The van der Waals surface area contributed by atoms with Crippen molar-refractivity contribution < 1.29 is 29.0 Å². The second-order valence-corrected chi connectivity index (χ2v) is 14.0. The number of imidazole rings is 1. The van der Waals surface area contributed by atoms with E-state index < -0.39 is 23.7 Å². The predicted octanol–water partition coefficient (Wildman–Crippen LogP) is 7.32. The van der Waals surface area contributed by atoms with Crippen molar-refractivity contribution in [3.05, 3.63) is 88.7 Å². The molecule has 0 aliphatic carbocycles. The van der Waals surface area contributed by atoms with Crippen molar-refractivity contribution in [2.75, 3.05) is 26.8 Å². The van der Waals surface area contributed by atoms with Crippen LogP contribution in [0.4, 0.5) is 4.79 Å². The molecular weight excluding hydrogens is 644 g/mol. The maximum atomic E-state index is 13.9. The average Bonchev–Trinajstić information content (AvgIpc) is 3.43. The summed E-state index contributed by atoms with van der Waals surface area (Å²) in [6.45, 7) is 8.05. The third-order valence-electron chi connectivity index (χ3n) is 8.66. The van der Waals surface area contributed by atoms with Gasteiger partial charge in [0.2, 0.25) is 5.91 Å². The van der Waals surface area contributed by atoms with E-state index >= 15 is 0 Å². The van der Waals surface area contributed by atoms with E-state index in [1.165, 1.54) is 12.1 Å². The number of ether oxygens (including phenoxy) is 2. The number of nitrogens with zero attached hydrogens (tertiary/aromatic N) is 3. The number of aromatic nitrogens is 2. The molecule has 1 saturated heterocycles. The van der Waals surface area contributed by atoms with Crippen LogP contribution in [0, 0.1) is 0 Å². The number of halogens is 1. The second kappa shape index (κ2) is 15.9. The number of piperidine rings is 1. The normalized spacial score (nSPS) is 15.6. The van der Waals surface area contributed by atoms with Crippen LogP contribution < -0.4 is 5.32 Å². The number of aryl methyl sites for hydroxylation is 1. The fraction of sp³-hybridized carbons (Fsp3) is 0.421. The van der Waals surface area contributed by atoms with Gasteiger partial charge in [-0.05, 0) is 81.8 Å².